The Morgan fingerprint density at radius 3 is 2.33 bits per heavy atom. The Morgan fingerprint density at radius 1 is 1.22 bits per heavy atom. The van der Waals surface area contributed by atoms with Gasteiger partial charge in [-0.2, -0.15) is 0 Å². The summed E-state index contributed by atoms with van der Waals surface area (Å²) in [6.45, 7) is 6.64. The van der Waals surface area contributed by atoms with E-state index in [1.165, 1.54) is 6.20 Å². The van der Waals surface area contributed by atoms with E-state index in [2.05, 4.69) is 15.0 Å². The van der Waals surface area contributed by atoms with Crippen molar-refractivity contribution in [1.29, 1.82) is 0 Å². The summed E-state index contributed by atoms with van der Waals surface area (Å²) in [5.41, 5.74) is 0. The molecule has 1 aromatic rings. The highest BCUT2D eigenvalue weighted by Gasteiger charge is 2.18. The maximum atomic E-state index is 12.1. The molecule has 102 valence electrons. The molecule has 0 aliphatic heterocycles. The number of hydrogen-bond donors (Lipinski definition) is 2. The molecule has 0 bridgehead atoms. The van der Waals surface area contributed by atoms with Crippen molar-refractivity contribution in [3.05, 3.63) is 18.3 Å². The van der Waals surface area contributed by atoms with Crippen LogP contribution in [0.1, 0.15) is 33.6 Å². The number of sulfonamides is 1. The summed E-state index contributed by atoms with van der Waals surface area (Å²) in [6, 6.07) is 3.21. The molecule has 5 nitrogen and oxygen atoms in total. The maximum absolute atomic E-state index is 12.1. The topological polar surface area (TPSA) is 71.1 Å². The Labute approximate surface area is 109 Å². The Hall–Kier alpha value is -1.14. The SMILES string of the molecule is CCNc1ccc(S(=O)(=O)NC(CC)CC)cn1. The summed E-state index contributed by atoms with van der Waals surface area (Å²) < 4.78 is 26.8. The van der Waals surface area contributed by atoms with Crippen molar-refractivity contribution in [3.63, 3.8) is 0 Å². The standard InChI is InChI=1S/C12H21N3O2S/c1-4-10(5-2)15-18(16,17)11-7-8-12(13-6-3)14-9-11/h7-10,15H,4-6H2,1-3H3,(H,13,14). The predicted molar refractivity (Wildman–Crippen MR) is 73.1 cm³/mol. The molecule has 0 amide bonds. The fraction of sp³-hybridized carbons (Fsp3) is 0.583. The van der Waals surface area contributed by atoms with Crippen molar-refractivity contribution >= 4 is 15.8 Å². The second-order valence-corrected chi connectivity index (χ2v) is 5.76. The number of nitrogens with one attached hydrogen (secondary N) is 2. The van der Waals surface area contributed by atoms with E-state index in [0.29, 0.717) is 5.82 Å². The van der Waals surface area contributed by atoms with Crippen LogP contribution in [-0.4, -0.2) is 26.0 Å². The average molecular weight is 271 g/mol. The summed E-state index contributed by atoms with van der Waals surface area (Å²) >= 11 is 0. The zero-order chi connectivity index (χ0) is 13.6. The lowest BCUT2D eigenvalue weighted by atomic mass is 10.2. The smallest absolute Gasteiger partial charge is 0.242 e. The van der Waals surface area contributed by atoms with Crippen LogP contribution in [0.15, 0.2) is 23.2 Å². The van der Waals surface area contributed by atoms with Crippen molar-refractivity contribution in [2.45, 2.75) is 44.6 Å². The van der Waals surface area contributed by atoms with Crippen molar-refractivity contribution in [3.8, 4) is 0 Å². The van der Waals surface area contributed by atoms with Gasteiger partial charge in [0.2, 0.25) is 10.0 Å². The lowest BCUT2D eigenvalue weighted by molar-refractivity contribution is 0.530. The lowest BCUT2D eigenvalue weighted by Crippen LogP contribution is -2.33. The maximum Gasteiger partial charge on any atom is 0.242 e. The summed E-state index contributed by atoms with van der Waals surface area (Å²) in [5.74, 6) is 0.680. The number of anilines is 1. The Kier molecular flexibility index (Phi) is 5.55. The van der Waals surface area contributed by atoms with E-state index in [4.69, 9.17) is 0 Å². The summed E-state index contributed by atoms with van der Waals surface area (Å²) in [5, 5.41) is 3.02. The molecule has 0 aliphatic rings. The molecule has 6 heteroatoms. The first-order chi connectivity index (χ1) is 8.53. The van der Waals surface area contributed by atoms with E-state index in [1.54, 1.807) is 12.1 Å². The second kappa shape index (κ2) is 6.70. The minimum absolute atomic E-state index is 0.0246. The van der Waals surface area contributed by atoms with Gasteiger partial charge in [0.05, 0.1) is 0 Å². The average Bonchev–Trinajstić information content (AvgIpc) is 2.37. The Balaban J connectivity index is 2.84. The van der Waals surface area contributed by atoms with Gasteiger partial charge in [-0.3, -0.25) is 0 Å². The van der Waals surface area contributed by atoms with Crippen LogP contribution in [0.4, 0.5) is 5.82 Å². The number of pyridine rings is 1. The van der Waals surface area contributed by atoms with Crippen LogP contribution in [0, 0.1) is 0 Å². The molecule has 0 atom stereocenters. The molecular formula is C12H21N3O2S. The minimum atomic E-state index is -3.46. The van der Waals surface area contributed by atoms with Gasteiger partial charge in [0.15, 0.2) is 0 Å². The summed E-state index contributed by atoms with van der Waals surface area (Å²) in [4.78, 5) is 4.27. The van der Waals surface area contributed by atoms with E-state index < -0.39 is 10.0 Å². The highest BCUT2D eigenvalue weighted by molar-refractivity contribution is 7.89. The van der Waals surface area contributed by atoms with E-state index in [1.807, 2.05) is 20.8 Å². The Morgan fingerprint density at radius 2 is 1.89 bits per heavy atom. The second-order valence-electron chi connectivity index (χ2n) is 4.04. The molecule has 0 radical (unpaired) electrons. The largest absolute Gasteiger partial charge is 0.370 e. The summed E-state index contributed by atoms with van der Waals surface area (Å²) in [7, 11) is -3.46. The van der Waals surface area contributed by atoms with E-state index in [9.17, 15) is 8.42 Å². The number of aromatic nitrogens is 1. The summed E-state index contributed by atoms with van der Waals surface area (Å²) in [6.07, 6.45) is 2.93. The van der Waals surface area contributed by atoms with Crippen LogP contribution in [0.3, 0.4) is 0 Å². The zero-order valence-corrected chi connectivity index (χ0v) is 11.9. The fourth-order valence-electron chi connectivity index (χ4n) is 1.57. The number of nitrogens with zero attached hydrogens (tertiary/aromatic N) is 1. The molecule has 0 fully saturated rings. The first-order valence-electron chi connectivity index (χ1n) is 6.25. The highest BCUT2D eigenvalue weighted by atomic mass is 32.2. The molecule has 0 spiro atoms. The van der Waals surface area contributed by atoms with Crippen LogP contribution >= 0.6 is 0 Å². The highest BCUT2D eigenvalue weighted by Crippen LogP contribution is 2.12. The zero-order valence-electron chi connectivity index (χ0n) is 11.1. The molecule has 1 heterocycles. The molecule has 0 saturated carbocycles. The van der Waals surface area contributed by atoms with E-state index >= 15 is 0 Å². The van der Waals surface area contributed by atoms with E-state index in [-0.39, 0.29) is 10.9 Å². The lowest BCUT2D eigenvalue weighted by Gasteiger charge is -2.14. The predicted octanol–water partition coefficient (Wildman–Crippen LogP) is 1.98. The molecule has 1 aromatic heterocycles. The molecule has 0 unspecified atom stereocenters. The quantitative estimate of drug-likeness (QED) is 0.795. The van der Waals surface area contributed by atoms with Crippen LogP contribution in [0.25, 0.3) is 0 Å². The molecule has 2 N–H and O–H groups in total. The van der Waals surface area contributed by atoms with Gasteiger partial charge in [-0.25, -0.2) is 18.1 Å². The normalized spacial score (nSPS) is 11.8. The van der Waals surface area contributed by atoms with Gasteiger partial charge < -0.3 is 5.32 Å². The van der Waals surface area contributed by atoms with Crippen molar-refractivity contribution in [1.82, 2.24) is 9.71 Å². The van der Waals surface area contributed by atoms with Gasteiger partial charge in [0.25, 0.3) is 0 Å². The molecular weight excluding hydrogens is 250 g/mol. The first-order valence-corrected chi connectivity index (χ1v) is 7.74. The molecule has 18 heavy (non-hydrogen) atoms. The van der Waals surface area contributed by atoms with Crippen LogP contribution in [0.5, 0.6) is 0 Å². The molecule has 0 saturated heterocycles. The van der Waals surface area contributed by atoms with Crippen LogP contribution in [0.2, 0.25) is 0 Å². The number of hydrogen-bond acceptors (Lipinski definition) is 4. The van der Waals surface area contributed by atoms with Gasteiger partial charge in [-0.1, -0.05) is 13.8 Å². The van der Waals surface area contributed by atoms with Crippen molar-refractivity contribution in [2.24, 2.45) is 0 Å². The van der Waals surface area contributed by atoms with Crippen molar-refractivity contribution in [2.75, 3.05) is 11.9 Å². The third kappa shape index (κ3) is 3.96. The van der Waals surface area contributed by atoms with E-state index in [0.717, 1.165) is 19.4 Å². The third-order valence-electron chi connectivity index (χ3n) is 2.71. The first kappa shape index (κ1) is 14.9. The molecule has 0 aliphatic carbocycles. The molecule has 1 rings (SSSR count). The minimum Gasteiger partial charge on any atom is -0.370 e. The molecule has 0 aromatic carbocycles. The third-order valence-corrected chi connectivity index (χ3v) is 4.22. The fourth-order valence-corrected chi connectivity index (χ4v) is 2.91. The van der Waals surface area contributed by atoms with Gasteiger partial charge in [-0.05, 0) is 31.9 Å². The van der Waals surface area contributed by atoms with Crippen molar-refractivity contribution < 1.29 is 8.42 Å². The van der Waals surface area contributed by atoms with Gasteiger partial charge in [-0.15, -0.1) is 0 Å². The Bertz CT molecular complexity index is 453. The van der Waals surface area contributed by atoms with Gasteiger partial charge in [0, 0.05) is 18.8 Å². The van der Waals surface area contributed by atoms with Crippen LogP contribution < -0.4 is 10.0 Å². The number of rotatable bonds is 7. The van der Waals surface area contributed by atoms with Gasteiger partial charge in [0.1, 0.15) is 10.7 Å². The van der Waals surface area contributed by atoms with Crippen LogP contribution in [-0.2, 0) is 10.0 Å². The monoisotopic (exact) mass is 271 g/mol. The van der Waals surface area contributed by atoms with Gasteiger partial charge >= 0.3 is 0 Å².